The van der Waals surface area contributed by atoms with E-state index in [-0.39, 0.29) is 10.6 Å². The van der Waals surface area contributed by atoms with Crippen molar-refractivity contribution in [1.82, 2.24) is 0 Å². The van der Waals surface area contributed by atoms with E-state index in [0.717, 1.165) is 6.07 Å². The highest BCUT2D eigenvalue weighted by Crippen LogP contribution is 2.25. The maximum atomic E-state index is 13.2. The van der Waals surface area contributed by atoms with Crippen molar-refractivity contribution in [2.45, 2.75) is 26.4 Å². The summed E-state index contributed by atoms with van der Waals surface area (Å²) in [4.78, 5) is 22.9. The largest absolute Gasteiger partial charge is 0.451 e. The van der Waals surface area contributed by atoms with Gasteiger partial charge in [-0.3, -0.25) is 9.59 Å². The predicted octanol–water partition coefficient (Wildman–Crippen LogP) is 3.00. The van der Waals surface area contributed by atoms with Gasteiger partial charge < -0.3 is 4.74 Å². The molecule has 5 heteroatoms. The summed E-state index contributed by atoms with van der Waals surface area (Å²) in [5.74, 6) is -1.82. The summed E-state index contributed by atoms with van der Waals surface area (Å²) in [6, 6.07) is 3.91. The van der Waals surface area contributed by atoms with E-state index in [1.807, 2.05) is 0 Å². The number of Topliss-reactive ketones (excluding diaryl/α,β-unsaturated/α-hetero) is 1. The normalized spacial score (nSPS) is 11.1. The lowest BCUT2D eigenvalue weighted by atomic mass is 9.96. The van der Waals surface area contributed by atoms with Gasteiger partial charge >= 0.3 is 5.97 Å². The SMILES string of the molecule is CC(=O)OC(C)(C)C(=O)c1cccc(F)c1Cl. The van der Waals surface area contributed by atoms with Crippen molar-refractivity contribution in [2.75, 3.05) is 0 Å². The van der Waals surface area contributed by atoms with Gasteiger partial charge in [0, 0.05) is 12.5 Å². The second-order valence-corrected chi connectivity index (χ2v) is 4.41. The number of carbonyl (C=O) groups excluding carboxylic acids is 2. The molecule has 1 aromatic carbocycles. The number of benzene rings is 1. The number of carbonyl (C=O) groups is 2. The molecule has 1 rings (SSSR count). The van der Waals surface area contributed by atoms with Crippen molar-refractivity contribution in [2.24, 2.45) is 0 Å². The summed E-state index contributed by atoms with van der Waals surface area (Å²) >= 11 is 5.69. The molecule has 0 N–H and O–H groups in total. The fourth-order valence-corrected chi connectivity index (χ4v) is 1.62. The predicted molar refractivity (Wildman–Crippen MR) is 61.6 cm³/mol. The van der Waals surface area contributed by atoms with E-state index < -0.39 is 23.2 Å². The first-order chi connectivity index (χ1) is 7.75. The van der Waals surface area contributed by atoms with Crippen molar-refractivity contribution in [3.05, 3.63) is 34.6 Å². The van der Waals surface area contributed by atoms with E-state index in [2.05, 4.69) is 0 Å². The Bertz CT molecular complexity index is 469. The van der Waals surface area contributed by atoms with Crippen molar-refractivity contribution in [1.29, 1.82) is 0 Å². The van der Waals surface area contributed by atoms with Gasteiger partial charge in [0.2, 0.25) is 5.78 Å². The molecule has 92 valence electrons. The Kier molecular flexibility index (Phi) is 3.88. The van der Waals surface area contributed by atoms with E-state index >= 15 is 0 Å². The van der Waals surface area contributed by atoms with Crippen LogP contribution >= 0.6 is 11.6 Å². The van der Waals surface area contributed by atoms with Crippen LogP contribution in [0.5, 0.6) is 0 Å². The van der Waals surface area contributed by atoms with E-state index in [0.29, 0.717) is 0 Å². The first kappa shape index (κ1) is 13.6. The Morgan fingerprint density at radius 2 is 1.94 bits per heavy atom. The van der Waals surface area contributed by atoms with Crippen molar-refractivity contribution in [3.8, 4) is 0 Å². The number of ketones is 1. The van der Waals surface area contributed by atoms with Gasteiger partial charge in [-0.2, -0.15) is 0 Å². The Balaban J connectivity index is 3.12. The Morgan fingerprint density at radius 1 is 1.35 bits per heavy atom. The molecule has 0 heterocycles. The Hall–Kier alpha value is -1.42. The molecule has 0 spiro atoms. The third-order valence-corrected chi connectivity index (χ3v) is 2.53. The van der Waals surface area contributed by atoms with Gasteiger partial charge in [-0.15, -0.1) is 0 Å². The van der Waals surface area contributed by atoms with Crippen molar-refractivity contribution >= 4 is 23.4 Å². The monoisotopic (exact) mass is 258 g/mol. The molecule has 0 aliphatic carbocycles. The van der Waals surface area contributed by atoms with E-state index in [9.17, 15) is 14.0 Å². The van der Waals surface area contributed by atoms with Gasteiger partial charge in [0.15, 0.2) is 5.60 Å². The second kappa shape index (κ2) is 4.84. The zero-order chi connectivity index (χ0) is 13.2. The third-order valence-electron chi connectivity index (χ3n) is 2.14. The minimum atomic E-state index is -1.37. The highest BCUT2D eigenvalue weighted by atomic mass is 35.5. The molecule has 0 aliphatic heterocycles. The number of hydrogen-bond acceptors (Lipinski definition) is 3. The van der Waals surface area contributed by atoms with Gasteiger partial charge in [0.25, 0.3) is 0 Å². The summed E-state index contributed by atoms with van der Waals surface area (Å²) in [5, 5.41) is -0.266. The molecule has 17 heavy (non-hydrogen) atoms. The smallest absolute Gasteiger partial charge is 0.303 e. The molecule has 1 aromatic rings. The highest BCUT2D eigenvalue weighted by Gasteiger charge is 2.33. The van der Waals surface area contributed by atoms with E-state index in [4.69, 9.17) is 16.3 Å². The molecule has 0 atom stereocenters. The first-order valence-corrected chi connectivity index (χ1v) is 5.32. The fourth-order valence-electron chi connectivity index (χ4n) is 1.41. The van der Waals surface area contributed by atoms with Crippen LogP contribution in [0.4, 0.5) is 4.39 Å². The van der Waals surface area contributed by atoms with Crippen LogP contribution in [0.2, 0.25) is 5.02 Å². The quantitative estimate of drug-likeness (QED) is 0.618. The summed E-state index contributed by atoms with van der Waals surface area (Å²) in [6.45, 7) is 4.05. The minimum absolute atomic E-state index is 0.00193. The lowest BCUT2D eigenvalue weighted by Crippen LogP contribution is -2.36. The van der Waals surface area contributed by atoms with Crippen LogP contribution in [0.15, 0.2) is 18.2 Å². The van der Waals surface area contributed by atoms with Crippen LogP contribution in [0.25, 0.3) is 0 Å². The minimum Gasteiger partial charge on any atom is -0.451 e. The van der Waals surface area contributed by atoms with E-state index in [1.54, 1.807) is 0 Å². The molecule has 0 fully saturated rings. The maximum absolute atomic E-state index is 13.2. The molecule has 0 saturated heterocycles. The van der Waals surface area contributed by atoms with Crippen LogP contribution in [-0.2, 0) is 9.53 Å². The van der Waals surface area contributed by atoms with Gasteiger partial charge in [0.1, 0.15) is 5.82 Å². The van der Waals surface area contributed by atoms with Crippen LogP contribution in [0.1, 0.15) is 31.1 Å². The Morgan fingerprint density at radius 3 is 2.47 bits per heavy atom. The number of hydrogen-bond donors (Lipinski definition) is 0. The average molecular weight is 259 g/mol. The molecule has 0 radical (unpaired) electrons. The number of ether oxygens (including phenoxy) is 1. The standard InChI is InChI=1S/C12H12ClFO3/c1-7(15)17-12(2,3)11(16)8-5-4-6-9(14)10(8)13/h4-6H,1-3H3. The lowest BCUT2D eigenvalue weighted by molar-refractivity contribution is -0.149. The second-order valence-electron chi connectivity index (χ2n) is 4.03. The number of halogens is 2. The van der Waals surface area contributed by atoms with Gasteiger partial charge in [-0.05, 0) is 26.0 Å². The zero-order valence-corrected chi connectivity index (χ0v) is 10.5. The van der Waals surface area contributed by atoms with Crippen LogP contribution < -0.4 is 0 Å². The molecule has 0 unspecified atom stereocenters. The summed E-state index contributed by atoms with van der Waals surface area (Å²) in [5.41, 5.74) is -1.37. The summed E-state index contributed by atoms with van der Waals surface area (Å²) in [7, 11) is 0. The lowest BCUT2D eigenvalue weighted by Gasteiger charge is -2.23. The molecule has 0 bridgehead atoms. The molecule has 0 aliphatic rings. The molecule has 0 amide bonds. The zero-order valence-electron chi connectivity index (χ0n) is 9.71. The van der Waals surface area contributed by atoms with Gasteiger partial charge in [-0.1, -0.05) is 17.7 Å². The average Bonchev–Trinajstić information content (AvgIpc) is 2.19. The summed E-state index contributed by atoms with van der Waals surface area (Å²) in [6.07, 6.45) is 0. The molecular weight excluding hydrogens is 247 g/mol. The number of rotatable bonds is 3. The van der Waals surface area contributed by atoms with Gasteiger partial charge in [-0.25, -0.2) is 4.39 Å². The molecule has 0 saturated carbocycles. The van der Waals surface area contributed by atoms with Crippen LogP contribution in [0.3, 0.4) is 0 Å². The Labute approximate surface area is 104 Å². The van der Waals surface area contributed by atoms with Gasteiger partial charge in [0.05, 0.1) is 5.02 Å². The van der Waals surface area contributed by atoms with Crippen LogP contribution in [-0.4, -0.2) is 17.4 Å². The topological polar surface area (TPSA) is 43.4 Å². The maximum Gasteiger partial charge on any atom is 0.303 e. The molecule has 3 nitrogen and oxygen atoms in total. The molecule has 0 aromatic heterocycles. The summed E-state index contributed by atoms with van der Waals surface area (Å²) < 4.78 is 18.1. The van der Waals surface area contributed by atoms with E-state index in [1.165, 1.54) is 32.9 Å². The third kappa shape index (κ3) is 3.03. The highest BCUT2D eigenvalue weighted by molar-refractivity contribution is 6.34. The molecular formula is C12H12ClFO3. The fraction of sp³-hybridized carbons (Fsp3) is 0.333. The first-order valence-electron chi connectivity index (χ1n) is 4.94. The van der Waals surface area contributed by atoms with Crippen molar-refractivity contribution in [3.63, 3.8) is 0 Å². The van der Waals surface area contributed by atoms with Crippen LogP contribution in [0, 0.1) is 5.82 Å². The van der Waals surface area contributed by atoms with Crippen molar-refractivity contribution < 1.29 is 18.7 Å². The number of esters is 1.